The third kappa shape index (κ3) is 2.53. The van der Waals surface area contributed by atoms with Crippen LogP contribution in [0.4, 0.5) is 0 Å². The molecule has 2 aromatic rings. The van der Waals surface area contributed by atoms with Gasteiger partial charge in [-0.3, -0.25) is 9.59 Å². The Labute approximate surface area is 146 Å². The summed E-state index contributed by atoms with van der Waals surface area (Å²) in [5.41, 5.74) is 6.38. The van der Waals surface area contributed by atoms with Crippen molar-refractivity contribution in [2.45, 2.75) is 43.9 Å². The molecule has 4 rings (SSSR count). The van der Waals surface area contributed by atoms with Crippen molar-refractivity contribution >= 4 is 11.9 Å². The zero-order valence-corrected chi connectivity index (χ0v) is 13.9. The van der Waals surface area contributed by atoms with Crippen LogP contribution in [0, 0.1) is 0 Å². The topological polar surface area (TPSA) is 74.6 Å². The Hall–Kier alpha value is -2.62. The van der Waals surface area contributed by atoms with Gasteiger partial charge in [-0.15, -0.1) is 0 Å². The van der Waals surface area contributed by atoms with E-state index in [-0.39, 0.29) is 18.3 Å². The summed E-state index contributed by atoms with van der Waals surface area (Å²) >= 11 is 0. The SMILES string of the molecule is O=C(O)Cc1ccc2c(c1)-c1ccc(CC(=O)O)cc1C21CCCC1. The maximum atomic E-state index is 11.1. The highest BCUT2D eigenvalue weighted by atomic mass is 16.4. The number of hydrogen-bond acceptors (Lipinski definition) is 2. The Morgan fingerprint density at radius 2 is 1.40 bits per heavy atom. The van der Waals surface area contributed by atoms with Crippen LogP contribution in [0.25, 0.3) is 11.1 Å². The number of fused-ring (bicyclic) bond motifs is 5. The molecule has 4 heteroatoms. The van der Waals surface area contributed by atoms with E-state index in [1.54, 1.807) is 0 Å². The lowest BCUT2D eigenvalue weighted by atomic mass is 9.76. The van der Waals surface area contributed by atoms with Crippen LogP contribution in [0.15, 0.2) is 36.4 Å². The maximum Gasteiger partial charge on any atom is 0.307 e. The number of aliphatic carboxylic acids is 2. The Balaban J connectivity index is 1.87. The molecule has 0 amide bonds. The average molecular weight is 336 g/mol. The number of carbonyl (C=O) groups is 2. The molecule has 2 N–H and O–H groups in total. The summed E-state index contributed by atoms with van der Waals surface area (Å²) in [5, 5.41) is 18.2. The van der Waals surface area contributed by atoms with E-state index in [4.69, 9.17) is 10.2 Å². The van der Waals surface area contributed by atoms with E-state index < -0.39 is 11.9 Å². The number of carboxylic acids is 2. The average Bonchev–Trinajstić information content (AvgIpc) is 3.13. The van der Waals surface area contributed by atoms with E-state index in [0.29, 0.717) is 0 Å². The van der Waals surface area contributed by atoms with Gasteiger partial charge >= 0.3 is 11.9 Å². The van der Waals surface area contributed by atoms with Crippen LogP contribution >= 0.6 is 0 Å². The second-order valence-electron chi connectivity index (χ2n) is 7.19. The zero-order valence-electron chi connectivity index (χ0n) is 13.9. The van der Waals surface area contributed by atoms with Gasteiger partial charge in [0, 0.05) is 5.41 Å². The maximum absolute atomic E-state index is 11.1. The third-order valence-corrected chi connectivity index (χ3v) is 5.66. The minimum absolute atomic E-state index is 0.0205. The molecule has 2 aliphatic carbocycles. The number of benzene rings is 2. The first-order chi connectivity index (χ1) is 12.0. The summed E-state index contributed by atoms with van der Waals surface area (Å²) in [6.45, 7) is 0. The molecule has 0 heterocycles. The summed E-state index contributed by atoms with van der Waals surface area (Å²) in [4.78, 5) is 22.1. The lowest BCUT2D eigenvalue weighted by Crippen LogP contribution is -2.20. The quantitative estimate of drug-likeness (QED) is 0.891. The predicted molar refractivity (Wildman–Crippen MR) is 93.8 cm³/mol. The lowest BCUT2D eigenvalue weighted by molar-refractivity contribution is -0.137. The van der Waals surface area contributed by atoms with Crippen LogP contribution < -0.4 is 0 Å². The van der Waals surface area contributed by atoms with E-state index in [1.165, 1.54) is 24.0 Å². The van der Waals surface area contributed by atoms with Gasteiger partial charge in [-0.2, -0.15) is 0 Å². The molecular weight excluding hydrogens is 316 g/mol. The molecule has 4 nitrogen and oxygen atoms in total. The molecule has 2 aliphatic rings. The van der Waals surface area contributed by atoms with E-state index in [0.717, 1.165) is 35.1 Å². The second kappa shape index (κ2) is 5.73. The summed E-state index contributed by atoms with van der Waals surface area (Å²) in [5.74, 6) is -1.65. The van der Waals surface area contributed by atoms with Crippen molar-refractivity contribution in [1.29, 1.82) is 0 Å². The molecule has 1 saturated carbocycles. The fraction of sp³-hybridized carbons (Fsp3) is 0.333. The van der Waals surface area contributed by atoms with Crippen LogP contribution in [0.5, 0.6) is 0 Å². The molecular formula is C21H20O4. The number of rotatable bonds is 4. The van der Waals surface area contributed by atoms with Gasteiger partial charge in [0.25, 0.3) is 0 Å². The molecule has 128 valence electrons. The minimum atomic E-state index is -0.828. The van der Waals surface area contributed by atoms with Crippen LogP contribution in [-0.4, -0.2) is 22.2 Å². The molecule has 1 fully saturated rings. The second-order valence-corrected chi connectivity index (χ2v) is 7.19. The fourth-order valence-corrected chi connectivity index (χ4v) is 4.69. The summed E-state index contributed by atoms with van der Waals surface area (Å²) in [6, 6.07) is 12.0. The molecule has 0 aromatic heterocycles. The molecule has 25 heavy (non-hydrogen) atoms. The largest absolute Gasteiger partial charge is 0.481 e. The van der Waals surface area contributed by atoms with E-state index >= 15 is 0 Å². The Kier molecular flexibility index (Phi) is 3.64. The van der Waals surface area contributed by atoms with Gasteiger partial charge in [0.2, 0.25) is 0 Å². The van der Waals surface area contributed by atoms with Gasteiger partial charge < -0.3 is 10.2 Å². The molecule has 2 aromatic carbocycles. The van der Waals surface area contributed by atoms with Crippen LogP contribution in [-0.2, 0) is 27.8 Å². The highest BCUT2D eigenvalue weighted by molar-refractivity contribution is 5.83. The smallest absolute Gasteiger partial charge is 0.307 e. The van der Waals surface area contributed by atoms with E-state index in [2.05, 4.69) is 12.1 Å². The molecule has 0 aliphatic heterocycles. The third-order valence-electron chi connectivity index (χ3n) is 5.66. The number of hydrogen-bond donors (Lipinski definition) is 2. The van der Waals surface area contributed by atoms with E-state index in [9.17, 15) is 9.59 Å². The Bertz CT molecular complexity index is 875. The van der Waals surface area contributed by atoms with Crippen molar-refractivity contribution < 1.29 is 19.8 Å². The molecule has 0 saturated heterocycles. The van der Waals surface area contributed by atoms with Gasteiger partial charge in [-0.25, -0.2) is 0 Å². The Morgan fingerprint density at radius 3 is 2.04 bits per heavy atom. The summed E-state index contributed by atoms with van der Waals surface area (Å²) in [7, 11) is 0. The normalized spacial score (nSPS) is 16.6. The molecule has 0 unspecified atom stereocenters. The predicted octanol–water partition coefficient (Wildman–Crippen LogP) is 3.78. The van der Waals surface area contributed by atoms with E-state index in [1.807, 2.05) is 24.3 Å². The standard InChI is InChI=1S/C21H20O4/c22-19(23)11-13-4-6-17-16(9-13)15-5-3-14(12-20(24)25)10-18(15)21(17)7-1-2-8-21/h3-6,9-10H,1-2,7-8,11-12H2,(H,22,23)(H,24,25). The highest BCUT2D eigenvalue weighted by Gasteiger charge is 2.45. The van der Waals surface area contributed by atoms with Crippen molar-refractivity contribution in [1.82, 2.24) is 0 Å². The first kappa shape index (κ1) is 15.9. The van der Waals surface area contributed by atoms with Gasteiger partial charge in [0.05, 0.1) is 12.8 Å². The van der Waals surface area contributed by atoms with Gasteiger partial charge in [-0.1, -0.05) is 49.2 Å². The Morgan fingerprint density at radius 1 is 0.800 bits per heavy atom. The summed E-state index contributed by atoms with van der Waals surface area (Å²) < 4.78 is 0. The van der Waals surface area contributed by atoms with Crippen molar-refractivity contribution in [2.75, 3.05) is 0 Å². The molecule has 0 radical (unpaired) electrons. The van der Waals surface area contributed by atoms with Crippen molar-refractivity contribution in [3.63, 3.8) is 0 Å². The minimum Gasteiger partial charge on any atom is -0.481 e. The molecule has 1 spiro atoms. The fourth-order valence-electron chi connectivity index (χ4n) is 4.69. The van der Waals surface area contributed by atoms with Gasteiger partial charge in [0.1, 0.15) is 0 Å². The molecule has 0 atom stereocenters. The van der Waals surface area contributed by atoms with Crippen LogP contribution in [0.1, 0.15) is 47.9 Å². The lowest BCUT2D eigenvalue weighted by Gasteiger charge is -2.27. The zero-order chi connectivity index (χ0) is 17.6. The van der Waals surface area contributed by atoms with Gasteiger partial charge in [-0.05, 0) is 46.2 Å². The van der Waals surface area contributed by atoms with Crippen molar-refractivity contribution in [2.24, 2.45) is 0 Å². The van der Waals surface area contributed by atoms with Crippen molar-refractivity contribution in [3.05, 3.63) is 58.7 Å². The first-order valence-corrected chi connectivity index (χ1v) is 8.70. The molecule has 0 bridgehead atoms. The van der Waals surface area contributed by atoms with Crippen LogP contribution in [0.3, 0.4) is 0 Å². The summed E-state index contributed by atoms with van der Waals surface area (Å²) in [6.07, 6.45) is 4.53. The highest BCUT2D eigenvalue weighted by Crippen LogP contribution is 2.57. The monoisotopic (exact) mass is 336 g/mol. The first-order valence-electron chi connectivity index (χ1n) is 8.70. The number of carboxylic acid groups (broad SMARTS) is 2. The van der Waals surface area contributed by atoms with Crippen LogP contribution in [0.2, 0.25) is 0 Å². The van der Waals surface area contributed by atoms with Crippen molar-refractivity contribution in [3.8, 4) is 11.1 Å². The van der Waals surface area contributed by atoms with Gasteiger partial charge in [0.15, 0.2) is 0 Å².